The molecule has 1 aliphatic heterocycles. The van der Waals surface area contributed by atoms with E-state index in [1.165, 1.54) is 16.9 Å². The van der Waals surface area contributed by atoms with Crippen molar-refractivity contribution in [2.75, 3.05) is 32.1 Å². The van der Waals surface area contributed by atoms with Gasteiger partial charge in [0.15, 0.2) is 6.54 Å². The number of nitrogens with one attached hydrogen (secondary N) is 2. The minimum atomic E-state index is -0.418. The monoisotopic (exact) mass is 403 g/mol. The number of hydrogen-bond donors (Lipinski definition) is 2. The Bertz CT molecular complexity index is 801. The second-order valence-corrected chi connectivity index (χ2v) is 8.12. The van der Waals surface area contributed by atoms with E-state index in [4.69, 9.17) is 9.47 Å². The third-order valence-electron chi connectivity index (χ3n) is 4.89. The summed E-state index contributed by atoms with van der Waals surface area (Å²) >= 11 is 1.71. The number of esters is 1. The van der Waals surface area contributed by atoms with E-state index in [-0.39, 0.29) is 12.0 Å². The van der Waals surface area contributed by atoms with Gasteiger partial charge in [-0.15, -0.1) is 11.3 Å². The smallest absolute Gasteiger partial charge is 0.337 e. The van der Waals surface area contributed by atoms with Crippen molar-refractivity contribution in [3.63, 3.8) is 0 Å². The van der Waals surface area contributed by atoms with Crippen molar-refractivity contribution >= 4 is 28.9 Å². The fourth-order valence-corrected chi connectivity index (χ4v) is 4.19. The highest BCUT2D eigenvalue weighted by atomic mass is 32.1. The van der Waals surface area contributed by atoms with Gasteiger partial charge in [0.25, 0.3) is 5.91 Å². The van der Waals surface area contributed by atoms with Gasteiger partial charge in [0.2, 0.25) is 0 Å². The van der Waals surface area contributed by atoms with Crippen molar-refractivity contribution in [1.82, 2.24) is 0 Å². The van der Waals surface area contributed by atoms with Crippen LogP contribution in [0.4, 0.5) is 5.69 Å². The molecule has 0 saturated carbocycles. The summed E-state index contributed by atoms with van der Waals surface area (Å²) in [7, 11) is 1.34. The maximum Gasteiger partial charge on any atom is 0.337 e. The molecule has 2 atom stereocenters. The fourth-order valence-electron chi connectivity index (χ4n) is 3.42. The number of hydrogen-bond acceptors (Lipinski definition) is 5. The first-order chi connectivity index (χ1) is 13.5. The molecule has 2 heterocycles. The first-order valence-corrected chi connectivity index (χ1v) is 10.4. The molecule has 0 radical (unpaired) electrons. The average molecular weight is 404 g/mol. The molecule has 2 aromatic rings. The number of carbonyl (C=O) groups is 2. The van der Waals surface area contributed by atoms with Crippen LogP contribution in [-0.4, -0.2) is 44.8 Å². The van der Waals surface area contributed by atoms with Gasteiger partial charge in [0, 0.05) is 12.3 Å². The highest BCUT2D eigenvalue weighted by Crippen LogP contribution is 2.17. The largest absolute Gasteiger partial charge is 0.465 e. The quantitative estimate of drug-likeness (QED) is 0.662. The van der Waals surface area contributed by atoms with Crippen LogP contribution in [0.25, 0.3) is 0 Å². The van der Waals surface area contributed by atoms with E-state index in [2.05, 4.69) is 16.8 Å². The highest BCUT2D eigenvalue weighted by Gasteiger charge is 2.24. The molecule has 0 bridgehead atoms. The van der Waals surface area contributed by atoms with E-state index in [0.29, 0.717) is 17.8 Å². The minimum Gasteiger partial charge on any atom is -0.465 e. The van der Waals surface area contributed by atoms with Crippen molar-refractivity contribution < 1.29 is 24.0 Å². The Morgan fingerprint density at radius 3 is 2.89 bits per heavy atom. The Morgan fingerprint density at radius 1 is 1.36 bits per heavy atom. The highest BCUT2D eigenvalue weighted by molar-refractivity contribution is 7.09. The Hall–Kier alpha value is -2.22. The van der Waals surface area contributed by atoms with Crippen LogP contribution in [-0.2, 0) is 20.8 Å². The van der Waals surface area contributed by atoms with E-state index in [1.54, 1.807) is 23.5 Å². The number of aryl methyl sites for hydroxylation is 1. The summed E-state index contributed by atoms with van der Waals surface area (Å²) in [5.74, 6) is -0.492. The number of methoxy groups -OCH3 is 1. The van der Waals surface area contributed by atoms with Gasteiger partial charge in [0.05, 0.1) is 17.6 Å². The molecule has 28 heavy (non-hydrogen) atoms. The second-order valence-electron chi connectivity index (χ2n) is 7.09. The first kappa shape index (κ1) is 20.5. The minimum absolute atomic E-state index is 0.0744. The molecule has 1 fully saturated rings. The van der Waals surface area contributed by atoms with E-state index in [0.717, 1.165) is 38.1 Å². The van der Waals surface area contributed by atoms with Crippen LogP contribution in [0.15, 0.2) is 35.7 Å². The van der Waals surface area contributed by atoms with Crippen LogP contribution in [0.2, 0.25) is 0 Å². The van der Waals surface area contributed by atoms with Crippen LogP contribution in [0.3, 0.4) is 0 Å². The van der Waals surface area contributed by atoms with Gasteiger partial charge >= 0.3 is 5.97 Å². The molecule has 1 aliphatic rings. The number of rotatable bonds is 8. The fraction of sp³-hybridized carbons (Fsp3) is 0.429. The maximum atomic E-state index is 12.7. The molecular formula is C21H27N2O4S+. The van der Waals surface area contributed by atoms with Gasteiger partial charge in [-0.1, -0.05) is 12.1 Å². The molecule has 7 heteroatoms. The van der Waals surface area contributed by atoms with Crippen LogP contribution in [0.5, 0.6) is 0 Å². The number of anilines is 1. The standard InChI is InChI=1S/C21H26N2O4S/c1-15-7-8-16(21(25)26-2)11-19(15)22-20(24)14-23(12-17-5-3-9-27-17)13-18-6-4-10-28-18/h4,6-8,10-11,17H,3,5,9,12-14H2,1-2H3,(H,22,24)/p+1/t17-/m0/s1. The Morgan fingerprint density at radius 2 is 2.21 bits per heavy atom. The van der Waals surface area contributed by atoms with Gasteiger partial charge < -0.3 is 19.7 Å². The number of quaternary nitrogens is 1. The Balaban J connectivity index is 1.66. The maximum absolute atomic E-state index is 12.7. The molecule has 1 unspecified atom stereocenters. The van der Waals surface area contributed by atoms with E-state index in [9.17, 15) is 9.59 Å². The summed E-state index contributed by atoms with van der Waals surface area (Å²) in [6.45, 7) is 4.67. The summed E-state index contributed by atoms with van der Waals surface area (Å²) in [5.41, 5.74) is 1.96. The van der Waals surface area contributed by atoms with Gasteiger partial charge in [-0.05, 0) is 48.9 Å². The van der Waals surface area contributed by atoms with E-state index in [1.807, 2.05) is 19.1 Å². The predicted octanol–water partition coefficient (Wildman–Crippen LogP) is 2.05. The topological polar surface area (TPSA) is 69.1 Å². The van der Waals surface area contributed by atoms with Gasteiger partial charge in [-0.3, -0.25) is 4.79 Å². The SMILES string of the molecule is COC(=O)c1ccc(C)c(NC(=O)C[NH+](Cc2cccs2)C[C@@H]2CCCO2)c1. The van der Waals surface area contributed by atoms with E-state index >= 15 is 0 Å². The zero-order chi connectivity index (χ0) is 19.9. The summed E-state index contributed by atoms with van der Waals surface area (Å²) in [6.07, 6.45) is 2.35. The molecule has 2 N–H and O–H groups in total. The number of carbonyl (C=O) groups excluding carboxylic acids is 2. The van der Waals surface area contributed by atoms with Gasteiger partial charge in [-0.25, -0.2) is 4.79 Å². The van der Waals surface area contributed by atoms with Gasteiger partial charge in [0.1, 0.15) is 19.2 Å². The molecular weight excluding hydrogens is 376 g/mol. The molecule has 1 saturated heterocycles. The summed E-state index contributed by atoms with van der Waals surface area (Å²) in [5, 5.41) is 5.02. The van der Waals surface area contributed by atoms with Crippen LogP contribution >= 0.6 is 11.3 Å². The normalized spacial score (nSPS) is 17.3. The summed E-state index contributed by atoms with van der Waals surface area (Å²) in [6, 6.07) is 9.30. The second kappa shape index (κ2) is 9.82. The average Bonchev–Trinajstić information content (AvgIpc) is 3.37. The number of ether oxygens (including phenoxy) is 2. The van der Waals surface area contributed by atoms with Crippen LogP contribution < -0.4 is 10.2 Å². The Kier molecular flexibility index (Phi) is 7.19. The molecule has 1 aromatic carbocycles. The molecule has 3 rings (SSSR count). The molecule has 1 amide bonds. The predicted molar refractivity (Wildman–Crippen MR) is 109 cm³/mol. The lowest BCUT2D eigenvalue weighted by atomic mass is 10.1. The third kappa shape index (κ3) is 5.64. The molecule has 0 aliphatic carbocycles. The zero-order valence-electron chi connectivity index (χ0n) is 16.3. The lowest BCUT2D eigenvalue weighted by molar-refractivity contribution is -0.908. The van der Waals surface area contributed by atoms with Crippen molar-refractivity contribution in [3.8, 4) is 0 Å². The number of thiophene rings is 1. The molecule has 150 valence electrons. The van der Waals surface area contributed by atoms with Crippen molar-refractivity contribution in [2.45, 2.75) is 32.4 Å². The molecule has 0 spiro atoms. The van der Waals surface area contributed by atoms with Crippen LogP contribution in [0, 0.1) is 6.92 Å². The number of benzene rings is 1. The van der Waals surface area contributed by atoms with Crippen LogP contribution in [0.1, 0.15) is 33.6 Å². The first-order valence-electron chi connectivity index (χ1n) is 9.51. The third-order valence-corrected chi connectivity index (χ3v) is 5.76. The van der Waals surface area contributed by atoms with E-state index < -0.39 is 5.97 Å². The number of amides is 1. The lowest BCUT2D eigenvalue weighted by Gasteiger charge is -2.21. The zero-order valence-corrected chi connectivity index (χ0v) is 17.1. The Labute approximate surface area is 169 Å². The van der Waals surface area contributed by atoms with Crippen molar-refractivity contribution in [1.29, 1.82) is 0 Å². The lowest BCUT2D eigenvalue weighted by Crippen LogP contribution is -3.12. The summed E-state index contributed by atoms with van der Waals surface area (Å²) < 4.78 is 10.5. The molecule has 1 aromatic heterocycles. The molecule has 6 nitrogen and oxygen atoms in total. The van der Waals surface area contributed by atoms with Crippen molar-refractivity contribution in [2.24, 2.45) is 0 Å². The van der Waals surface area contributed by atoms with Gasteiger partial charge in [-0.2, -0.15) is 0 Å². The summed E-state index contributed by atoms with van der Waals surface area (Å²) in [4.78, 5) is 26.9. The van der Waals surface area contributed by atoms with Crippen molar-refractivity contribution in [3.05, 3.63) is 51.7 Å².